The van der Waals surface area contributed by atoms with Crippen LogP contribution in [0.5, 0.6) is 0 Å². The van der Waals surface area contributed by atoms with Gasteiger partial charge < -0.3 is 4.57 Å². The van der Waals surface area contributed by atoms with Gasteiger partial charge in [0.2, 0.25) is 0 Å². The summed E-state index contributed by atoms with van der Waals surface area (Å²) in [5.41, 5.74) is 1.06. The predicted molar refractivity (Wildman–Crippen MR) is 72.1 cm³/mol. The van der Waals surface area contributed by atoms with E-state index in [-0.39, 0.29) is 0 Å². The van der Waals surface area contributed by atoms with Crippen molar-refractivity contribution >= 4 is 23.8 Å². The molecule has 0 radical (unpaired) electrons. The van der Waals surface area contributed by atoms with Crippen LogP contribution in [0.1, 0.15) is 31.3 Å². The Morgan fingerprint density at radius 3 is 2.76 bits per heavy atom. The molecular weight excluding hydrogens is 254 g/mol. The Hall–Kier alpha value is -1.13. The largest absolute Gasteiger partial charge is 0.301 e. The van der Waals surface area contributed by atoms with E-state index in [9.17, 15) is 0 Å². The summed E-state index contributed by atoms with van der Waals surface area (Å²) in [7, 11) is 0. The van der Waals surface area contributed by atoms with E-state index in [1.165, 1.54) is 0 Å². The first-order valence-electron chi connectivity index (χ1n) is 5.48. The molecule has 2 rings (SSSR count). The molecule has 2 aromatic rings. The third-order valence-corrected chi connectivity index (χ3v) is 3.26. The zero-order valence-corrected chi connectivity index (χ0v) is 11.3. The van der Waals surface area contributed by atoms with Crippen LogP contribution in [0.3, 0.4) is 0 Å². The maximum absolute atomic E-state index is 6.14. The third-order valence-electron chi connectivity index (χ3n) is 2.60. The van der Waals surface area contributed by atoms with Crippen LogP contribution in [0, 0.1) is 4.77 Å². The lowest BCUT2D eigenvalue weighted by Gasteiger charge is -2.10. The fourth-order valence-electron chi connectivity index (χ4n) is 1.81. The highest BCUT2D eigenvalue weighted by atomic mass is 35.5. The minimum Gasteiger partial charge on any atom is -0.301 e. The summed E-state index contributed by atoms with van der Waals surface area (Å²) in [6.45, 7) is 4.17. The van der Waals surface area contributed by atoms with Gasteiger partial charge in [0.25, 0.3) is 0 Å². The lowest BCUT2D eigenvalue weighted by Crippen LogP contribution is -2.07. The smallest absolute Gasteiger partial charge is 0.195 e. The van der Waals surface area contributed by atoms with Crippen molar-refractivity contribution in [1.82, 2.24) is 14.8 Å². The van der Waals surface area contributed by atoms with Crippen molar-refractivity contribution in [2.24, 2.45) is 0 Å². The second-order valence-corrected chi connectivity index (χ2v) is 4.97. The Labute approximate surface area is 110 Å². The molecule has 5 heteroatoms. The SMILES string of the molecule is CC(C)n1c(Cc2ccccc2Cl)n[nH]c1=S. The minimum atomic E-state index is 0.290. The van der Waals surface area contributed by atoms with E-state index >= 15 is 0 Å². The normalized spacial score (nSPS) is 11.1. The number of H-pyrrole nitrogens is 1. The Balaban J connectivity index is 2.37. The van der Waals surface area contributed by atoms with Crippen molar-refractivity contribution in [1.29, 1.82) is 0 Å². The Morgan fingerprint density at radius 1 is 1.41 bits per heavy atom. The second-order valence-electron chi connectivity index (χ2n) is 4.18. The molecule has 0 bridgehead atoms. The second kappa shape index (κ2) is 5.02. The molecule has 90 valence electrons. The summed E-state index contributed by atoms with van der Waals surface area (Å²) in [6.07, 6.45) is 0.686. The van der Waals surface area contributed by atoms with Gasteiger partial charge in [0.1, 0.15) is 5.82 Å². The molecule has 0 spiro atoms. The first-order chi connectivity index (χ1) is 8.09. The zero-order valence-electron chi connectivity index (χ0n) is 9.77. The Kier molecular flexibility index (Phi) is 3.64. The highest BCUT2D eigenvalue weighted by Gasteiger charge is 2.11. The molecule has 0 aliphatic rings. The number of nitrogens with one attached hydrogen (secondary N) is 1. The number of rotatable bonds is 3. The minimum absolute atomic E-state index is 0.290. The van der Waals surface area contributed by atoms with E-state index in [1.54, 1.807) is 0 Å². The molecule has 1 aromatic heterocycles. The molecule has 0 aliphatic heterocycles. The monoisotopic (exact) mass is 267 g/mol. The molecule has 1 heterocycles. The quantitative estimate of drug-likeness (QED) is 0.859. The number of hydrogen-bond acceptors (Lipinski definition) is 2. The average Bonchev–Trinajstić information content (AvgIpc) is 2.63. The summed E-state index contributed by atoms with van der Waals surface area (Å²) in [4.78, 5) is 0. The van der Waals surface area contributed by atoms with Crippen LogP contribution >= 0.6 is 23.8 Å². The van der Waals surface area contributed by atoms with Crippen molar-refractivity contribution in [3.8, 4) is 0 Å². The first-order valence-corrected chi connectivity index (χ1v) is 6.27. The van der Waals surface area contributed by atoms with Gasteiger partial charge in [-0.1, -0.05) is 29.8 Å². The molecule has 0 fully saturated rings. The number of benzene rings is 1. The van der Waals surface area contributed by atoms with Gasteiger partial charge >= 0.3 is 0 Å². The molecule has 0 unspecified atom stereocenters. The van der Waals surface area contributed by atoms with E-state index in [0.717, 1.165) is 16.4 Å². The van der Waals surface area contributed by atoms with E-state index in [1.807, 2.05) is 28.8 Å². The standard InChI is InChI=1S/C12H14ClN3S/c1-8(2)16-11(14-15-12(16)17)7-9-5-3-4-6-10(9)13/h3-6,8H,7H2,1-2H3,(H,15,17). The molecule has 0 aliphatic carbocycles. The van der Waals surface area contributed by atoms with Gasteiger partial charge in [-0.3, -0.25) is 5.10 Å². The maximum Gasteiger partial charge on any atom is 0.195 e. The summed E-state index contributed by atoms with van der Waals surface area (Å²) in [5, 5.41) is 7.85. The van der Waals surface area contributed by atoms with Crippen molar-refractivity contribution in [3.63, 3.8) is 0 Å². The van der Waals surface area contributed by atoms with Gasteiger partial charge in [0, 0.05) is 17.5 Å². The summed E-state index contributed by atoms with van der Waals surface area (Å²) >= 11 is 11.3. The molecule has 0 amide bonds. The van der Waals surface area contributed by atoms with Gasteiger partial charge in [-0.25, -0.2) is 0 Å². The van der Waals surface area contributed by atoms with Gasteiger partial charge in [0.15, 0.2) is 4.77 Å². The Bertz CT molecular complexity index is 571. The van der Waals surface area contributed by atoms with Crippen molar-refractivity contribution in [2.45, 2.75) is 26.3 Å². The van der Waals surface area contributed by atoms with Crippen LogP contribution in [-0.4, -0.2) is 14.8 Å². The van der Waals surface area contributed by atoms with Crippen LogP contribution in [0.4, 0.5) is 0 Å². The maximum atomic E-state index is 6.14. The van der Waals surface area contributed by atoms with Crippen LogP contribution in [-0.2, 0) is 6.42 Å². The first kappa shape index (κ1) is 12.3. The molecule has 1 aromatic carbocycles. The number of halogens is 1. The fraction of sp³-hybridized carbons (Fsp3) is 0.333. The van der Waals surface area contributed by atoms with Gasteiger partial charge in [-0.05, 0) is 37.7 Å². The topological polar surface area (TPSA) is 33.6 Å². The summed E-state index contributed by atoms with van der Waals surface area (Å²) in [6, 6.07) is 8.08. The van der Waals surface area contributed by atoms with Crippen molar-refractivity contribution in [2.75, 3.05) is 0 Å². The highest BCUT2D eigenvalue weighted by Crippen LogP contribution is 2.19. The molecular formula is C12H14ClN3S. The average molecular weight is 268 g/mol. The van der Waals surface area contributed by atoms with Crippen LogP contribution in [0.2, 0.25) is 5.02 Å². The molecule has 0 saturated carbocycles. The number of hydrogen-bond donors (Lipinski definition) is 1. The number of nitrogens with zero attached hydrogens (tertiary/aromatic N) is 2. The predicted octanol–water partition coefficient (Wildman–Crippen LogP) is 3.77. The summed E-state index contributed by atoms with van der Waals surface area (Å²) in [5.74, 6) is 0.915. The van der Waals surface area contributed by atoms with Crippen molar-refractivity contribution < 1.29 is 0 Å². The van der Waals surface area contributed by atoms with Gasteiger partial charge in [0.05, 0.1) is 0 Å². The molecule has 1 N–H and O–H groups in total. The lowest BCUT2D eigenvalue weighted by atomic mass is 10.1. The summed E-state index contributed by atoms with van der Waals surface area (Å²) < 4.78 is 2.67. The highest BCUT2D eigenvalue weighted by molar-refractivity contribution is 7.71. The van der Waals surface area contributed by atoms with E-state index < -0.39 is 0 Å². The third kappa shape index (κ3) is 2.58. The van der Waals surface area contributed by atoms with Crippen LogP contribution in [0.25, 0.3) is 0 Å². The lowest BCUT2D eigenvalue weighted by molar-refractivity contribution is 0.567. The Morgan fingerprint density at radius 2 is 2.12 bits per heavy atom. The number of aromatic amines is 1. The van der Waals surface area contributed by atoms with Crippen LogP contribution < -0.4 is 0 Å². The molecule has 0 saturated heterocycles. The van der Waals surface area contributed by atoms with Crippen LogP contribution in [0.15, 0.2) is 24.3 Å². The van der Waals surface area contributed by atoms with E-state index in [2.05, 4.69) is 24.0 Å². The zero-order chi connectivity index (χ0) is 12.4. The fourth-order valence-corrected chi connectivity index (χ4v) is 2.37. The van der Waals surface area contributed by atoms with Gasteiger partial charge in [-0.15, -0.1) is 0 Å². The molecule has 0 atom stereocenters. The van der Waals surface area contributed by atoms with Gasteiger partial charge in [-0.2, -0.15) is 5.10 Å². The molecule has 3 nitrogen and oxygen atoms in total. The number of aromatic nitrogens is 3. The van der Waals surface area contributed by atoms with Crippen molar-refractivity contribution in [3.05, 3.63) is 45.4 Å². The molecule has 17 heavy (non-hydrogen) atoms. The van der Waals surface area contributed by atoms with E-state index in [4.69, 9.17) is 23.8 Å². The van der Waals surface area contributed by atoms with E-state index in [0.29, 0.717) is 17.2 Å².